The summed E-state index contributed by atoms with van der Waals surface area (Å²) in [5.74, 6) is 0.375. The van der Waals surface area contributed by atoms with Crippen molar-refractivity contribution in [2.45, 2.75) is 6.10 Å². The van der Waals surface area contributed by atoms with Crippen LogP contribution >= 0.6 is 0 Å². The fourth-order valence-corrected chi connectivity index (χ4v) is 2.03. The Balaban J connectivity index is 2.12. The van der Waals surface area contributed by atoms with E-state index in [1.807, 2.05) is 0 Å². The third kappa shape index (κ3) is 4.70. The number of benzene rings is 2. The third-order valence-electron chi connectivity index (χ3n) is 3.24. The average molecular weight is 316 g/mol. The number of aliphatic hydroxyl groups is 2. The third-order valence-corrected chi connectivity index (χ3v) is 3.24. The van der Waals surface area contributed by atoms with Gasteiger partial charge in [-0.25, -0.2) is 0 Å². The zero-order chi connectivity index (χ0) is 16.7. The molecule has 0 aliphatic carbocycles. The molecule has 122 valence electrons. The van der Waals surface area contributed by atoms with Crippen molar-refractivity contribution in [3.05, 3.63) is 54.1 Å². The molecule has 0 radical (unpaired) electrons. The Morgan fingerprint density at radius 3 is 2.74 bits per heavy atom. The number of nitrogens with one attached hydrogen (secondary N) is 2. The predicted molar refractivity (Wildman–Crippen MR) is 89.0 cm³/mol. The van der Waals surface area contributed by atoms with Gasteiger partial charge in [0, 0.05) is 24.0 Å². The lowest BCUT2D eigenvalue weighted by atomic mass is 10.1. The molecule has 0 bridgehead atoms. The Bertz CT molecular complexity index is 661. The Morgan fingerprint density at radius 2 is 2.00 bits per heavy atom. The van der Waals surface area contributed by atoms with Crippen LogP contribution in [0.25, 0.3) is 0 Å². The van der Waals surface area contributed by atoms with Crippen molar-refractivity contribution in [2.24, 2.45) is 0 Å². The molecule has 4 N–H and O–H groups in total. The van der Waals surface area contributed by atoms with Crippen molar-refractivity contribution in [1.29, 1.82) is 0 Å². The van der Waals surface area contributed by atoms with Crippen molar-refractivity contribution in [3.63, 3.8) is 0 Å². The number of ether oxygens (including phenoxy) is 1. The first kappa shape index (κ1) is 16.8. The van der Waals surface area contributed by atoms with E-state index >= 15 is 0 Å². The molecule has 0 aliphatic heterocycles. The van der Waals surface area contributed by atoms with Crippen LogP contribution in [0.1, 0.15) is 10.4 Å². The fourth-order valence-electron chi connectivity index (χ4n) is 2.03. The number of methoxy groups -OCH3 is 1. The summed E-state index contributed by atoms with van der Waals surface area (Å²) >= 11 is 0. The van der Waals surface area contributed by atoms with Crippen LogP contribution in [0.4, 0.5) is 11.4 Å². The molecule has 2 rings (SSSR count). The molecule has 0 spiro atoms. The monoisotopic (exact) mass is 316 g/mol. The number of rotatable bonds is 7. The standard InChI is InChI=1S/C17H20N2O4/c1-23-14-6-4-5-12(9-14)19-17(22)15-7-2-3-8-16(15)18-10-13(21)11-20/h2-9,13,18,20-21H,10-11H2,1H3,(H,19,22). The Morgan fingerprint density at radius 1 is 1.22 bits per heavy atom. The number of para-hydroxylation sites is 1. The Kier molecular flexibility index (Phi) is 5.96. The van der Waals surface area contributed by atoms with Crippen LogP contribution in [-0.4, -0.2) is 42.5 Å². The molecule has 0 aliphatic rings. The highest BCUT2D eigenvalue weighted by molar-refractivity contribution is 6.08. The van der Waals surface area contributed by atoms with E-state index in [1.54, 1.807) is 55.6 Å². The maximum atomic E-state index is 12.4. The van der Waals surface area contributed by atoms with Crippen molar-refractivity contribution in [1.82, 2.24) is 0 Å². The quantitative estimate of drug-likeness (QED) is 0.624. The number of amides is 1. The maximum absolute atomic E-state index is 12.4. The van der Waals surface area contributed by atoms with E-state index in [9.17, 15) is 9.90 Å². The van der Waals surface area contributed by atoms with Gasteiger partial charge >= 0.3 is 0 Å². The second-order valence-corrected chi connectivity index (χ2v) is 4.95. The van der Waals surface area contributed by atoms with Crippen LogP contribution in [0.15, 0.2) is 48.5 Å². The number of hydrogen-bond donors (Lipinski definition) is 4. The van der Waals surface area contributed by atoms with E-state index in [0.29, 0.717) is 22.7 Å². The summed E-state index contributed by atoms with van der Waals surface area (Å²) in [6.45, 7) is -0.189. The van der Waals surface area contributed by atoms with Crippen molar-refractivity contribution in [2.75, 3.05) is 30.9 Å². The minimum absolute atomic E-state index is 0.153. The van der Waals surface area contributed by atoms with Gasteiger partial charge in [-0.1, -0.05) is 18.2 Å². The van der Waals surface area contributed by atoms with Gasteiger partial charge in [-0.15, -0.1) is 0 Å². The van der Waals surface area contributed by atoms with Gasteiger partial charge in [-0.3, -0.25) is 4.79 Å². The topological polar surface area (TPSA) is 90.8 Å². The minimum Gasteiger partial charge on any atom is -0.497 e. The van der Waals surface area contributed by atoms with Gasteiger partial charge in [0.25, 0.3) is 5.91 Å². The number of carbonyl (C=O) groups is 1. The Hall–Kier alpha value is -2.57. The molecule has 1 unspecified atom stereocenters. The van der Waals surface area contributed by atoms with Gasteiger partial charge in [0.2, 0.25) is 0 Å². The van der Waals surface area contributed by atoms with Gasteiger partial charge < -0.3 is 25.6 Å². The van der Waals surface area contributed by atoms with Crippen molar-refractivity contribution in [3.8, 4) is 5.75 Å². The van der Waals surface area contributed by atoms with E-state index in [1.165, 1.54) is 0 Å². The molecule has 6 nitrogen and oxygen atoms in total. The first-order valence-corrected chi connectivity index (χ1v) is 7.21. The van der Waals surface area contributed by atoms with Gasteiger partial charge in [-0.05, 0) is 24.3 Å². The molecule has 0 saturated heterocycles. The second-order valence-electron chi connectivity index (χ2n) is 4.95. The fraction of sp³-hybridized carbons (Fsp3) is 0.235. The molecule has 0 heterocycles. The summed E-state index contributed by atoms with van der Waals surface area (Å²) in [6, 6.07) is 14.0. The van der Waals surface area contributed by atoms with Crippen molar-refractivity contribution >= 4 is 17.3 Å². The number of carbonyl (C=O) groups excluding carboxylic acids is 1. The van der Waals surface area contributed by atoms with Gasteiger partial charge in [-0.2, -0.15) is 0 Å². The SMILES string of the molecule is COc1cccc(NC(=O)c2ccccc2NCC(O)CO)c1. The first-order chi connectivity index (χ1) is 11.1. The van der Waals surface area contributed by atoms with E-state index in [-0.39, 0.29) is 19.1 Å². The summed E-state index contributed by atoms with van der Waals surface area (Å²) in [6.07, 6.45) is -0.885. The van der Waals surface area contributed by atoms with Crippen LogP contribution in [0.2, 0.25) is 0 Å². The molecule has 0 aromatic heterocycles. The molecular formula is C17H20N2O4. The molecule has 1 amide bonds. The molecule has 1 atom stereocenters. The molecule has 2 aromatic carbocycles. The van der Waals surface area contributed by atoms with E-state index in [2.05, 4.69) is 10.6 Å². The zero-order valence-corrected chi connectivity index (χ0v) is 12.8. The average Bonchev–Trinajstić information content (AvgIpc) is 2.60. The van der Waals surface area contributed by atoms with Gasteiger partial charge in [0.05, 0.1) is 25.4 Å². The number of hydrogen-bond acceptors (Lipinski definition) is 5. The van der Waals surface area contributed by atoms with E-state index in [4.69, 9.17) is 9.84 Å². The lowest BCUT2D eigenvalue weighted by Crippen LogP contribution is -2.24. The summed E-state index contributed by atoms with van der Waals surface area (Å²) in [5, 5.41) is 24.0. The maximum Gasteiger partial charge on any atom is 0.257 e. The summed E-state index contributed by atoms with van der Waals surface area (Å²) in [7, 11) is 1.56. The molecule has 6 heteroatoms. The van der Waals surface area contributed by atoms with Crippen LogP contribution < -0.4 is 15.4 Å². The highest BCUT2D eigenvalue weighted by Crippen LogP contribution is 2.20. The van der Waals surface area contributed by atoms with Crippen LogP contribution in [0.3, 0.4) is 0 Å². The zero-order valence-electron chi connectivity index (χ0n) is 12.8. The summed E-state index contributed by atoms with van der Waals surface area (Å²) in [4.78, 5) is 12.4. The summed E-state index contributed by atoms with van der Waals surface area (Å²) in [5.41, 5.74) is 1.65. The molecular weight excluding hydrogens is 296 g/mol. The van der Waals surface area contributed by atoms with Crippen molar-refractivity contribution < 1.29 is 19.7 Å². The van der Waals surface area contributed by atoms with Gasteiger partial charge in [0.1, 0.15) is 5.75 Å². The molecule has 23 heavy (non-hydrogen) atoms. The predicted octanol–water partition coefficient (Wildman–Crippen LogP) is 1.71. The molecule has 2 aromatic rings. The number of anilines is 2. The smallest absolute Gasteiger partial charge is 0.257 e. The van der Waals surface area contributed by atoms with Crippen LogP contribution in [0, 0.1) is 0 Å². The van der Waals surface area contributed by atoms with E-state index < -0.39 is 6.10 Å². The first-order valence-electron chi connectivity index (χ1n) is 7.21. The molecule has 0 saturated carbocycles. The van der Waals surface area contributed by atoms with E-state index in [0.717, 1.165) is 0 Å². The second kappa shape index (κ2) is 8.17. The lowest BCUT2D eigenvalue weighted by molar-refractivity contribution is 0.102. The van der Waals surface area contributed by atoms with Crippen LogP contribution in [-0.2, 0) is 0 Å². The largest absolute Gasteiger partial charge is 0.497 e. The highest BCUT2D eigenvalue weighted by Gasteiger charge is 2.12. The summed E-state index contributed by atoms with van der Waals surface area (Å²) < 4.78 is 5.13. The number of aliphatic hydroxyl groups excluding tert-OH is 2. The van der Waals surface area contributed by atoms with Gasteiger partial charge in [0.15, 0.2) is 0 Å². The highest BCUT2D eigenvalue weighted by atomic mass is 16.5. The lowest BCUT2D eigenvalue weighted by Gasteiger charge is -2.14. The molecule has 0 fully saturated rings. The normalized spacial score (nSPS) is 11.6. The minimum atomic E-state index is -0.885. The van der Waals surface area contributed by atoms with Crippen LogP contribution in [0.5, 0.6) is 5.75 Å². The Labute approximate surface area is 134 Å².